The van der Waals surface area contributed by atoms with Crippen molar-refractivity contribution in [1.29, 1.82) is 0 Å². The Morgan fingerprint density at radius 1 is 1.28 bits per heavy atom. The van der Waals surface area contributed by atoms with Gasteiger partial charge in [-0.2, -0.15) is 0 Å². The molecule has 0 aliphatic carbocycles. The van der Waals surface area contributed by atoms with Crippen LogP contribution in [-0.2, 0) is 4.74 Å². The van der Waals surface area contributed by atoms with Crippen LogP contribution in [0.5, 0.6) is 0 Å². The summed E-state index contributed by atoms with van der Waals surface area (Å²) in [5.41, 5.74) is 7.32. The predicted molar refractivity (Wildman–Crippen MR) is 73.5 cm³/mol. The van der Waals surface area contributed by atoms with Crippen molar-refractivity contribution >= 4 is 28.9 Å². The molecule has 0 aromatic heterocycles. The van der Waals surface area contributed by atoms with Gasteiger partial charge < -0.3 is 20.5 Å². The van der Waals surface area contributed by atoms with Crippen molar-refractivity contribution < 1.29 is 9.84 Å². The number of halogens is 2. The minimum atomic E-state index is -0.460. The maximum atomic E-state index is 9.05. The molecule has 0 radical (unpaired) electrons. The van der Waals surface area contributed by atoms with Gasteiger partial charge in [-0.1, -0.05) is 23.2 Å². The number of aliphatic hydroxyl groups is 1. The molecule has 0 amide bonds. The number of hydrogen-bond donors (Lipinski definition) is 2. The minimum absolute atomic E-state index is 0.135. The summed E-state index contributed by atoms with van der Waals surface area (Å²) in [5, 5.41) is 10.2. The second-order valence-electron chi connectivity index (χ2n) is 4.22. The number of hydrogen-bond acceptors (Lipinski definition) is 4. The SMILES string of the molecule is N[C@H](CO)c1cc(Cl)c(N2CCOCC2)c(Cl)c1. The van der Waals surface area contributed by atoms with Gasteiger partial charge in [0, 0.05) is 13.1 Å². The quantitative estimate of drug-likeness (QED) is 0.892. The topological polar surface area (TPSA) is 58.7 Å². The molecule has 0 spiro atoms. The van der Waals surface area contributed by atoms with Gasteiger partial charge in [0.05, 0.1) is 41.6 Å². The number of morpholine rings is 1. The van der Waals surface area contributed by atoms with E-state index in [-0.39, 0.29) is 6.61 Å². The third-order valence-electron chi connectivity index (χ3n) is 2.99. The first-order chi connectivity index (χ1) is 8.63. The van der Waals surface area contributed by atoms with Gasteiger partial charge in [0.2, 0.25) is 0 Å². The van der Waals surface area contributed by atoms with Crippen molar-refractivity contribution in [2.24, 2.45) is 5.73 Å². The fourth-order valence-corrected chi connectivity index (χ4v) is 2.74. The molecule has 100 valence electrons. The molecule has 1 aliphatic heterocycles. The first kappa shape index (κ1) is 13.9. The van der Waals surface area contributed by atoms with Crippen LogP contribution in [0.2, 0.25) is 10.0 Å². The van der Waals surface area contributed by atoms with Crippen LogP contribution < -0.4 is 10.6 Å². The van der Waals surface area contributed by atoms with Gasteiger partial charge in [0.15, 0.2) is 0 Å². The largest absolute Gasteiger partial charge is 0.394 e. The van der Waals surface area contributed by atoms with Gasteiger partial charge in [-0.15, -0.1) is 0 Å². The second-order valence-corrected chi connectivity index (χ2v) is 5.04. The van der Waals surface area contributed by atoms with Gasteiger partial charge in [0.1, 0.15) is 0 Å². The predicted octanol–water partition coefficient (Wildman–Crippen LogP) is 1.82. The minimum Gasteiger partial charge on any atom is -0.394 e. The third-order valence-corrected chi connectivity index (χ3v) is 3.57. The van der Waals surface area contributed by atoms with E-state index in [9.17, 15) is 0 Å². The normalized spacial score (nSPS) is 17.9. The smallest absolute Gasteiger partial charge is 0.0746 e. The molecule has 2 rings (SSSR count). The Balaban J connectivity index is 2.31. The molecule has 1 saturated heterocycles. The van der Waals surface area contributed by atoms with Gasteiger partial charge >= 0.3 is 0 Å². The molecule has 1 atom stereocenters. The summed E-state index contributed by atoms with van der Waals surface area (Å²) in [4.78, 5) is 2.10. The summed E-state index contributed by atoms with van der Waals surface area (Å²) in [7, 11) is 0. The zero-order chi connectivity index (χ0) is 13.1. The average molecular weight is 291 g/mol. The highest BCUT2D eigenvalue weighted by molar-refractivity contribution is 6.39. The lowest BCUT2D eigenvalue weighted by atomic mass is 10.1. The van der Waals surface area contributed by atoms with E-state index in [0.717, 1.165) is 24.3 Å². The van der Waals surface area contributed by atoms with Crippen LogP contribution >= 0.6 is 23.2 Å². The Bertz CT molecular complexity index is 400. The number of ether oxygens (including phenoxy) is 1. The standard InChI is InChI=1S/C12H16Cl2N2O2/c13-9-5-8(11(15)7-17)6-10(14)12(9)16-1-3-18-4-2-16/h5-6,11,17H,1-4,7,15H2/t11-/m1/s1. The molecule has 1 heterocycles. The van der Waals surface area contributed by atoms with Crippen LogP contribution in [0.25, 0.3) is 0 Å². The fraction of sp³-hybridized carbons (Fsp3) is 0.500. The summed E-state index contributed by atoms with van der Waals surface area (Å²) >= 11 is 12.5. The highest BCUT2D eigenvalue weighted by Crippen LogP contribution is 2.36. The Morgan fingerprint density at radius 3 is 2.33 bits per heavy atom. The van der Waals surface area contributed by atoms with Gasteiger partial charge in [-0.25, -0.2) is 0 Å². The zero-order valence-electron chi connectivity index (χ0n) is 9.90. The Morgan fingerprint density at radius 2 is 1.83 bits per heavy atom. The van der Waals surface area contributed by atoms with E-state index in [0.29, 0.717) is 23.3 Å². The highest BCUT2D eigenvalue weighted by Gasteiger charge is 2.19. The Kier molecular flexibility index (Phi) is 4.70. The molecule has 0 unspecified atom stereocenters. The fourth-order valence-electron chi connectivity index (χ4n) is 1.99. The number of nitrogens with two attached hydrogens (primary N) is 1. The van der Waals surface area contributed by atoms with Crippen molar-refractivity contribution in [2.75, 3.05) is 37.8 Å². The maximum absolute atomic E-state index is 9.05. The van der Waals surface area contributed by atoms with Gasteiger partial charge in [0.25, 0.3) is 0 Å². The van der Waals surface area contributed by atoms with Crippen LogP contribution in [0.4, 0.5) is 5.69 Å². The van der Waals surface area contributed by atoms with E-state index in [1.807, 2.05) is 0 Å². The molecule has 0 bridgehead atoms. The molecule has 0 saturated carbocycles. The Labute approximate surface area is 116 Å². The van der Waals surface area contributed by atoms with Gasteiger partial charge in [-0.05, 0) is 17.7 Å². The molecule has 1 fully saturated rings. The molecule has 1 aromatic rings. The molecule has 4 nitrogen and oxygen atoms in total. The van der Waals surface area contributed by atoms with E-state index >= 15 is 0 Å². The molecular formula is C12H16Cl2N2O2. The first-order valence-electron chi connectivity index (χ1n) is 5.81. The number of rotatable bonds is 3. The summed E-state index contributed by atoms with van der Waals surface area (Å²) in [6.07, 6.45) is 0. The van der Waals surface area contributed by atoms with E-state index < -0.39 is 6.04 Å². The monoisotopic (exact) mass is 290 g/mol. The molecular weight excluding hydrogens is 275 g/mol. The van der Waals surface area contributed by atoms with Crippen LogP contribution in [0.15, 0.2) is 12.1 Å². The van der Waals surface area contributed by atoms with Crippen LogP contribution in [0.1, 0.15) is 11.6 Å². The first-order valence-corrected chi connectivity index (χ1v) is 6.57. The molecule has 6 heteroatoms. The van der Waals surface area contributed by atoms with Crippen LogP contribution in [0, 0.1) is 0 Å². The molecule has 1 aromatic carbocycles. The lowest BCUT2D eigenvalue weighted by molar-refractivity contribution is 0.122. The molecule has 3 N–H and O–H groups in total. The number of aliphatic hydroxyl groups excluding tert-OH is 1. The van der Waals surface area contributed by atoms with Crippen molar-refractivity contribution in [3.63, 3.8) is 0 Å². The van der Waals surface area contributed by atoms with E-state index in [2.05, 4.69) is 4.90 Å². The van der Waals surface area contributed by atoms with Gasteiger partial charge in [-0.3, -0.25) is 0 Å². The van der Waals surface area contributed by atoms with E-state index in [1.165, 1.54) is 0 Å². The van der Waals surface area contributed by atoms with Crippen molar-refractivity contribution in [3.8, 4) is 0 Å². The number of anilines is 1. The molecule has 18 heavy (non-hydrogen) atoms. The average Bonchev–Trinajstić information content (AvgIpc) is 2.38. The number of benzene rings is 1. The Hall–Kier alpha value is -0.520. The summed E-state index contributed by atoms with van der Waals surface area (Å²) in [5.74, 6) is 0. The zero-order valence-corrected chi connectivity index (χ0v) is 11.4. The lowest BCUT2D eigenvalue weighted by Gasteiger charge is -2.30. The third kappa shape index (κ3) is 2.90. The summed E-state index contributed by atoms with van der Waals surface area (Å²) in [6.45, 7) is 2.74. The maximum Gasteiger partial charge on any atom is 0.0746 e. The molecule has 1 aliphatic rings. The summed E-state index contributed by atoms with van der Waals surface area (Å²) < 4.78 is 5.30. The van der Waals surface area contributed by atoms with E-state index in [1.54, 1.807) is 12.1 Å². The van der Waals surface area contributed by atoms with Crippen LogP contribution in [0.3, 0.4) is 0 Å². The van der Waals surface area contributed by atoms with Crippen molar-refractivity contribution in [3.05, 3.63) is 27.7 Å². The van der Waals surface area contributed by atoms with Crippen molar-refractivity contribution in [1.82, 2.24) is 0 Å². The number of nitrogens with zero attached hydrogens (tertiary/aromatic N) is 1. The van der Waals surface area contributed by atoms with E-state index in [4.69, 9.17) is 38.8 Å². The van der Waals surface area contributed by atoms with Crippen molar-refractivity contribution in [2.45, 2.75) is 6.04 Å². The lowest BCUT2D eigenvalue weighted by Crippen LogP contribution is -2.36. The highest BCUT2D eigenvalue weighted by atomic mass is 35.5. The second kappa shape index (κ2) is 6.08. The van der Waals surface area contributed by atoms with Crippen LogP contribution in [-0.4, -0.2) is 38.0 Å². The summed E-state index contributed by atoms with van der Waals surface area (Å²) in [6, 6.07) is 3.07.